The quantitative estimate of drug-likeness (QED) is 0.702. The van der Waals surface area contributed by atoms with Gasteiger partial charge >= 0.3 is 5.97 Å². The van der Waals surface area contributed by atoms with Crippen molar-refractivity contribution in [2.75, 3.05) is 38.2 Å². The monoisotopic (exact) mass is 445 g/mol. The molecular weight excluding hydrogens is 418 g/mol. The summed E-state index contributed by atoms with van der Waals surface area (Å²) >= 11 is 0. The number of hydrogen-bond acceptors (Lipinski definition) is 6. The van der Waals surface area contributed by atoms with E-state index in [-0.39, 0.29) is 16.4 Å². The number of methoxy groups -OCH3 is 1. The van der Waals surface area contributed by atoms with Gasteiger partial charge in [0.2, 0.25) is 15.9 Å². The molecule has 9 heteroatoms. The average molecular weight is 446 g/mol. The molecule has 1 amide bonds. The fourth-order valence-electron chi connectivity index (χ4n) is 3.77. The molecule has 8 nitrogen and oxygen atoms in total. The summed E-state index contributed by atoms with van der Waals surface area (Å²) < 4.78 is 28.2. The van der Waals surface area contributed by atoms with E-state index in [1.807, 2.05) is 54.0 Å². The number of nitrogens with zero attached hydrogens (tertiary/aromatic N) is 2. The van der Waals surface area contributed by atoms with Gasteiger partial charge in [0.15, 0.2) is 0 Å². The first-order valence-electron chi connectivity index (χ1n) is 9.90. The molecule has 0 atom stereocenters. The highest BCUT2D eigenvalue weighted by molar-refractivity contribution is 7.89. The predicted octanol–water partition coefficient (Wildman–Crippen LogP) is 1.75. The Hall–Kier alpha value is -2.91. The lowest BCUT2D eigenvalue weighted by Crippen LogP contribution is -2.53. The topological polar surface area (TPSA) is 110 Å². The van der Waals surface area contributed by atoms with Gasteiger partial charge in [-0.25, -0.2) is 18.4 Å². The van der Waals surface area contributed by atoms with E-state index in [0.717, 1.165) is 5.56 Å². The minimum Gasteiger partial charge on any atom is -0.465 e. The Balaban J connectivity index is 1.79. The van der Waals surface area contributed by atoms with Gasteiger partial charge in [0.05, 0.1) is 28.7 Å². The van der Waals surface area contributed by atoms with Crippen LogP contribution in [0.2, 0.25) is 0 Å². The number of anilines is 1. The van der Waals surface area contributed by atoms with Crippen molar-refractivity contribution in [1.82, 2.24) is 4.90 Å². The third kappa shape index (κ3) is 4.72. The maximum absolute atomic E-state index is 13.2. The lowest BCUT2D eigenvalue weighted by atomic mass is 9.83. The number of sulfonamides is 1. The summed E-state index contributed by atoms with van der Waals surface area (Å²) in [5, 5.41) is 5.20. The molecule has 3 rings (SSSR count). The molecule has 1 fully saturated rings. The average Bonchev–Trinajstić information content (AvgIpc) is 2.77. The van der Waals surface area contributed by atoms with Gasteiger partial charge in [-0.3, -0.25) is 4.79 Å². The van der Waals surface area contributed by atoms with Gasteiger partial charge < -0.3 is 14.5 Å². The molecule has 0 unspecified atom stereocenters. The first kappa shape index (κ1) is 22.8. The van der Waals surface area contributed by atoms with Crippen molar-refractivity contribution in [3.63, 3.8) is 0 Å². The maximum Gasteiger partial charge on any atom is 0.340 e. The number of nitrogens with two attached hydrogens (primary N) is 1. The Labute approximate surface area is 182 Å². The highest BCUT2D eigenvalue weighted by Gasteiger charge is 2.35. The molecule has 1 heterocycles. The molecule has 1 aliphatic heterocycles. The summed E-state index contributed by atoms with van der Waals surface area (Å²) in [7, 11) is -2.72. The number of ether oxygens (including phenoxy) is 1. The maximum atomic E-state index is 13.2. The van der Waals surface area contributed by atoms with Crippen LogP contribution >= 0.6 is 0 Å². The van der Waals surface area contributed by atoms with Crippen LogP contribution in [-0.4, -0.2) is 58.5 Å². The van der Waals surface area contributed by atoms with Crippen molar-refractivity contribution in [2.45, 2.75) is 24.2 Å². The molecule has 166 valence electrons. The van der Waals surface area contributed by atoms with E-state index >= 15 is 0 Å². The van der Waals surface area contributed by atoms with Crippen LogP contribution in [0.3, 0.4) is 0 Å². The number of carbonyl (C=O) groups excluding carboxylic acids is 2. The van der Waals surface area contributed by atoms with E-state index in [2.05, 4.69) is 0 Å². The van der Waals surface area contributed by atoms with Crippen molar-refractivity contribution < 1.29 is 22.7 Å². The number of hydrogen-bond donors (Lipinski definition) is 1. The molecule has 31 heavy (non-hydrogen) atoms. The normalized spacial score (nSPS) is 15.0. The van der Waals surface area contributed by atoms with Crippen LogP contribution in [0.5, 0.6) is 0 Å². The van der Waals surface area contributed by atoms with Crippen LogP contribution in [0.1, 0.15) is 29.8 Å². The molecule has 0 bridgehead atoms. The highest BCUT2D eigenvalue weighted by atomic mass is 32.2. The summed E-state index contributed by atoms with van der Waals surface area (Å²) in [6, 6.07) is 13.8. The third-order valence-electron chi connectivity index (χ3n) is 5.64. The summed E-state index contributed by atoms with van der Waals surface area (Å²) in [5.74, 6) is -0.611. The number of benzene rings is 2. The number of esters is 1. The zero-order chi connectivity index (χ0) is 22.8. The Bertz CT molecular complexity index is 1080. The van der Waals surface area contributed by atoms with Crippen LogP contribution in [0.25, 0.3) is 0 Å². The third-order valence-corrected chi connectivity index (χ3v) is 6.55. The number of primary sulfonamides is 1. The van der Waals surface area contributed by atoms with Crippen molar-refractivity contribution in [3.8, 4) is 0 Å². The van der Waals surface area contributed by atoms with Crippen LogP contribution in [-0.2, 0) is 25.0 Å². The Morgan fingerprint density at radius 3 is 2.16 bits per heavy atom. The van der Waals surface area contributed by atoms with E-state index in [4.69, 9.17) is 9.88 Å². The molecule has 1 aliphatic rings. The molecule has 2 aromatic carbocycles. The highest BCUT2D eigenvalue weighted by Crippen LogP contribution is 2.29. The van der Waals surface area contributed by atoms with E-state index < -0.39 is 21.4 Å². The van der Waals surface area contributed by atoms with Gasteiger partial charge in [0, 0.05) is 26.2 Å². The molecule has 1 saturated heterocycles. The standard InChI is InChI=1S/C22H27N3O5S/c1-22(2,16-7-5-4-6-8-16)21(27)25-13-11-24(12-14-25)19-10-9-17(31(23,28)29)15-18(19)20(26)30-3/h4-10,15H,11-14H2,1-3H3,(H2,23,28,29). The van der Waals surface area contributed by atoms with Crippen LogP contribution in [0.4, 0.5) is 5.69 Å². The Morgan fingerprint density at radius 2 is 1.61 bits per heavy atom. The molecule has 2 aromatic rings. The SMILES string of the molecule is COC(=O)c1cc(S(N)(=O)=O)ccc1N1CCN(C(=O)C(C)(C)c2ccccc2)CC1. The fourth-order valence-corrected chi connectivity index (χ4v) is 4.31. The second-order valence-electron chi connectivity index (χ2n) is 7.99. The minimum atomic E-state index is -3.96. The minimum absolute atomic E-state index is 0.0381. The van der Waals surface area contributed by atoms with Crippen LogP contribution in [0.15, 0.2) is 53.4 Å². The number of rotatable bonds is 5. The van der Waals surface area contributed by atoms with E-state index in [1.165, 1.54) is 19.2 Å². The number of piperazine rings is 1. The second-order valence-corrected chi connectivity index (χ2v) is 9.55. The van der Waals surface area contributed by atoms with Gasteiger partial charge in [-0.05, 0) is 37.6 Å². The zero-order valence-corrected chi connectivity index (χ0v) is 18.7. The van der Waals surface area contributed by atoms with Crippen molar-refractivity contribution in [1.29, 1.82) is 0 Å². The van der Waals surface area contributed by atoms with Gasteiger partial charge in [-0.15, -0.1) is 0 Å². The van der Waals surface area contributed by atoms with Gasteiger partial charge in [-0.1, -0.05) is 30.3 Å². The molecule has 0 saturated carbocycles. The van der Waals surface area contributed by atoms with Gasteiger partial charge in [0.25, 0.3) is 0 Å². The largest absolute Gasteiger partial charge is 0.465 e. The lowest BCUT2D eigenvalue weighted by Gasteiger charge is -2.40. The summed E-state index contributed by atoms with van der Waals surface area (Å²) in [6.07, 6.45) is 0. The summed E-state index contributed by atoms with van der Waals surface area (Å²) in [6.45, 7) is 5.78. The first-order valence-corrected chi connectivity index (χ1v) is 11.5. The summed E-state index contributed by atoms with van der Waals surface area (Å²) in [4.78, 5) is 29.1. The van der Waals surface area contributed by atoms with Crippen molar-refractivity contribution in [3.05, 3.63) is 59.7 Å². The molecule has 0 radical (unpaired) electrons. The fraction of sp³-hybridized carbons (Fsp3) is 0.364. The Morgan fingerprint density at radius 1 is 1.00 bits per heavy atom. The van der Waals surface area contributed by atoms with Crippen LogP contribution in [0, 0.1) is 0 Å². The molecule has 0 spiro atoms. The van der Waals surface area contributed by atoms with Gasteiger partial charge in [-0.2, -0.15) is 0 Å². The lowest BCUT2D eigenvalue weighted by molar-refractivity contribution is -0.136. The van der Waals surface area contributed by atoms with E-state index in [9.17, 15) is 18.0 Å². The molecule has 0 aromatic heterocycles. The second kappa shape index (κ2) is 8.68. The van der Waals surface area contributed by atoms with E-state index in [1.54, 1.807) is 6.07 Å². The molecule has 0 aliphatic carbocycles. The van der Waals surface area contributed by atoms with Crippen molar-refractivity contribution in [2.24, 2.45) is 5.14 Å². The van der Waals surface area contributed by atoms with Crippen LogP contribution < -0.4 is 10.0 Å². The predicted molar refractivity (Wildman–Crippen MR) is 117 cm³/mol. The van der Waals surface area contributed by atoms with Crippen molar-refractivity contribution >= 4 is 27.6 Å². The zero-order valence-electron chi connectivity index (χ0n) is 17.9. The first-order chi connectivity index (χ1) is 14.6. The Kier molecular flexibility index (Phi) is 6.38. The number of amides is 1. The smallest absolute Gasteiger partial charge is 0.340 e. The number of carbonyl (C=O) groups is 2. The molecule has 2 N–H and O–H groups in total. The summed E-state index contributed by atoms with van der Waals surface area (Å²) in [5.41, 5.74) is 0.971. The molecular formula is C22H27N3O5S. The van der Waals surface area contributed by atoms with Gasteiger partial charge in [0.1, 0.15) is 0 Å². The van der Waals surface area contributed by atoms with E-state index in [0.29, 0.717) is 31.9 Å².